The topological polar surface area (TPSA) is 41.5 Å². The molecule has 198 valence electrons. The van der Waals surface area contributed by atoms with Crippen LogP contribution in [-0.2, 0) is 0 Å². The van der Waals surface area contributed by atoms with E-state index in [4.69, 9.17) is 4.99 Å². The van der Waals surface area contributed by atoms with Crippen LogP contribution in [0.5, 0.6) is 0 Å². The maximum atomic E-state index is 13.4. The number of hydrogen-bond acceptors (Lipinski definition) is 2. The van der Waals surface area contributed by atoms with Crippen molar-refractivity contribution >= 4 is 30.5 Å². The van der Waals surface area contributed by atoms with E-state index in [0.717, 1.165) is 35.4 Å². The molecule has 0 radical (unpaired) electrons. The Labute approximate surface area is 229 Å². The lowest BCUT2D eigenvalue weighted by Gasteiger charge is -2.21. The van der Waals surface area contributed by atoms with Gasteiger partial charge in [-0.3, -0.25) is 9.79 Å². The van der Waals surface area contributed by atoms with Crippen molar-refractivity contribution in [1.82, 2.24) is 5.32 Å². The predicted octanol–water partition coefficient (Wildman–Crippen LogP) is 8.31. The van der Waals surface area contributed by atoms with Gasteiger partial charge >= 0.3 is 0 Å². The van der Waals surface area contributed by atoms with Crippen LogP contribution >= 0.6 is 7.92 Å². The van der Waals surface area contributed by atoms with Gasteiger partial charge in [-0.25, -0.2) is 0 Å². The summed E-state index contributed by atoms with van der Waals surface area (Å²) in [4.78, 5) is 18.5. The van der Waals surface area contributed by atoms with Crippen molar-refractivity contribution in [3.63, 3.8) is 0 Å². The number of hydrogen-bond donors (Lipinski definition) is 1. The first-order valence-corrected chi connectivity index (χ1v) is 16.3. The van der Waals surface area contributed by atoms with Gasteiger partial charge in [0.2, 0.25) is 0 Å². The lowest BCUT2D eigenvalue weighted by molar-refractivity contribution is 0.0948. The lowest BCUT2D eigenvalue weighted by atomic mass is 9.86. The van der Waals surface area contributed by atoms with Gasteiger partial charge in [0.25, 0.3) is 5.91 Å². The van der Waals surface area contributed by atoms with E-state index >= 15 is 0 Å². The molecule has 0 spiro atoms. The fraction of sp³-hybridized carbons (Fsp3) is 0.412. The van der Waals surface area contributed by atoms with Crippen LogP contribution in [0.4, 0.5) is 5.69 Å². The van der Waals surface area contributed by atoms with Crippen LogP contribution in [-0.4, -0.2) is 31.0 Å². The van der Waals surface area contributed by atoms with E-state index in [0.29, 0.717) is 11.8 Å². The number of amides is 1. The minimum absolute atomic E-state index is 0.0437. The monoisotopic (exact) mass is 524 g/mol. The molecule has 2 unspecified atom stereocenters. The number of fused-ring (bicyclic) bond motifs is 1. The Balaban J connectivity index is 1.44. The van der Waals surface area contributed by atoms with E-state index in [9.17, 15) is 4.79 Å². The van der Waals surface area contributed by atoms with Crippen molar-refractivity contribution in [3.8, 4) is 11.1 Å². The zero-order valence-electron chi connectivity index (χ0n) is 24.0. The van der Waals surface area contributed by atoms with Crippen LogP contribution in [0.2, 0.25) is 0 Å². The van der Waals surface area contributed by atoms with Gasteiger partial charge in [0.05, 0.1) is 11.7 Å². The van der Waals surface area contributed by atoms with Crippen molar-refractivity contribution in [2.24, 2.45) is 4.99 Å². The molecule has 1 amide bonds. The van der Waals surface area contributed by atoms with Gasteiger partial charge in [0, 0.05) is 11.3 Å². The van der Waals surface area contributed by atoms with Crippen LogP contribution in [0.25, 0.3) is 11.1 Å². The minimum atomic E-state index is -0.117. The molecule has 1 fully saturated rings. The van der Waals surface area contributed by atoms with E-state index in [1.165, 1.54) is 51.5 Å². The van der Waals surface area contributed by atoms with E-state index in [1.807, 2.05) is 6.07 Å². The van der Waals surface area contributed by atoms with E-state index in [2.05, 4.69) is 95.7 Å². The highest BCUT2D eigenvalue weighted by Gasteiger charge is 2.34. The zero-order valence-corrected chi connectivity index (χ0v) is 24.9. The molecule has 3 nitrogen and oxygen atoms in total. The second-order valence-electron chi connectivity index (χ2n) is 11.6. The molecule has 2 aliphatic rings. The quantitative estimate of drug-likeness (QED) is 0.256. The molecular formula is C34H41N2OP. The Morgan fingerprint density at radius 3 is 2.39 bits per heavy atom. The molecule has 0 aromatic heterocycles. The molecule has 1 N–H and O–H groups in total. The molecule has 1 saturated carbocycles. The van der Waals surface area contributed by atoms with Crippen molar-refractivity contribution in [2.45, 2.75) is 78.2 Å². The smallest absolute Gasteiger partial charge is 0.252 e. The third-order valence-corrected chi connectivity index (χ3v) is 9.80. The second kappa shape index (κ2) is 10.8. The van der Waals surface area contributed by atoms with Gasteiger partial charge in [0.15, 0.2) is 0 Å². The predicted molar refractivity (Wildman–Crippen MR) is 165 cm³/mol. The molecule has 3 aromatic carbocycles. The summed E-state index contributed by atoms with van der Waals surface area (Å²) in [6.07, 6.45) is 4.18. The Bertz CT molecular complexity index is 1420. The Morgan fingerprint density at radius 2 is 1.74 bits per heavy atom. The number of aliphatic imine (C=N–C) groups is 1. The molecule has 1 aliphatic carbocycles. The average molecular weight is 525 g/mol. The summed E-state index contributed by atoms with van der Waals surface area (Å²) < 4.78 is 0. The molecule has 3 aromatic rings. The van der Waals surface area contributed by atoms with Crippen LogP contribution in [0.3, 0.4) is 0 Å². The molecule has 1 heterocycles. The first-order chi connectivity index (χ1) is 18.2. The summed E-state index contributed by atoms with van der Waals surface area (Å²) in [5, 5.41) is 4.82. The highest BCUT2D eigenvalue weighted by atomic mass is 31.1. The number of rotatable bonds is 6. The number of carbonyl (C=O) groups excluding carboxylic acids is 1. The summed E-state index contributed by atoms with van der Waals surface area (Å²) in [6.45, 7) is 15.7. The SMILES string of the molecule is CCC(=Nc1ccc(-c2cc(C)c(P(C)C)cc2C)cc1C)C1CC(C)c2c(cccc2C2CC2)C(=O)N1. The Kier molecular flexibility index (Phi) is 7.60. The van der Waals surface area contributed by atoms with Crippen LogP contribution in [0.1, 0.15) is 89.5 Å². The zero-order chi connectivity index (χ0) is 27.1. The van der Waals surface area contributed by atoms with Crippen LogP contribution in [0.15, 0.2) is 53.5 Å². The highest BCUT2D eigenvalue weighted by Crippen LogP contribution is 2.45. The summed E-state index contributed by atoms with van der Waals surface area (Å²) in [6, 6.07) is 17.6. The number of aryl methyl sites for hydroxylation is 3. The molecule has 4 heteroatoms. The van der Waals surface area contributed by atoms with Gasteiger partial charge in [-0.15, -0.1) is 0 Å². The Morgan fingerprint density at radius 1 is 0.974 bits per heavy atom. The van der Waals surface area contributed by atoms with E-state index in [1.54, 1.807) is 0 Å². The first kappa shape index (κ1) is 26.8. The van der Waals surface area contributed by atoms with Gasteiger partial charge < -0.3 is 5.32 Å². The van der Waals surface area contributed by atoms with Gasteiger partial charge in [-0.2, -0.15) is 0 Å². The number of nitrogens with zero attached hydrogens (tertiary/aromatic N) is 1. The van der Waals surface area contributed by atoms with E-state index < -0.39 is 0 Å². The number of nitrogens with one attached hydrogen (secondary N) is 1. The van der Waals surface area contributed by atoms with Gasteiger partial charge in [-0.05, 0) is 134 Å². The number of benzene rings is 3. The molecular weight excluding hydrogens is 483 g/mol. The standard InChI is InChI=1S/C34H41N2OP/c1-8-29(31-18-23(5)33-26(24-12-13-24)10-9-11-27(33)34(37)36-31)35-30-15-14-25(16-21(30)3)28-17-22(4)32(38(6)7)19-20(28)2/h9-11,14-17,19,23-24,31H,8,12-13,18H2,1-7H3,(H,36,37). The maximum Gasteiger partial charge on any atom is 0.252 e. The Hall–Kier alpha value is -2.77. The first-order valence-electron chi connectivity index (χ1n) is 14.1. The third-order valence-electron chi connectivity index (χ3n) is 8.35. The van der Waals surface area contributed by atoms with E-state index in [-0.39, 0.29) is 19.9 Å². The van der Waals surface area contributed by atoms with Gasteiger partial charge in [0.1, 0.15) is 0 Å². The normalized spacial score (nSPS) is 19.8. The van der Waals surface area contributed by atoms with Gasteiger partial charge in [-0.1, -0.05) is 52.1 Å². The molecule has 1 aliphatic heterocycles. The maximum absolute atomic E-state index is 13.4. The van der Waals surface area contributed by atoms with Crippen LogP contribution in [0, 0.1) is 20.8 Å². The third kappa shape index (κ3) is 5.23. The minimum Gasteiger partial charge on any atom is -0.344 e. The molecule has 38 heavy (non-hydrogen) atoms. The second-order valence-corrected chi connectivity index (χ2v) is 13.8. The molecule has 0 saturated heterocycles. The van der Waals surface area contributed by atoms with Crippen molar-refractivity contribution in [3.05, 3.63) is 81.9 Å². The van der Waals surface area contributed by atoms with Crippen molar-refractivity contribution < 1.29 is 4.79 Å². The average Bonchev–Trinajstić information content (AvgIpc) is 3.74. The van der Waals surface area contributed by atoms with Crippen molar-refractivity contribution in [1.29, 1.82) is 0 Å². The fourth-order valence-corrected chi connectivity index (χ4v) is 7.39. The summed E-state index contributed by atoms with van der Waals surface area (Å²) in [5.74, 6) is 0.988. The van der Waals surface area contributed by atoms with Crippen LogP contribution < -0.4 is 10.6 Å². The molecule has 5 rings (SSSR count). The largest absolute Gasteiger partial charge is 0.344 e. The highest BCUT2D eigenvalue weighted by molar-refractivity contribution is 7.64. The molecule has 0 bridgehead atoms. The summed E-state index contributed by atoms with van der Waals surface area (Å²) >= 11 is 0. The summed E-state index contributed by atoms with van der Waals surface area (Å²) in [7, 11) is -0.117. The fourth-order valence-electron chi connectivity index (χ4n) is 6.17. The number of carbonyl (C=O) groups is 1. The summed E-state index contributed by atoms with van der Waals surface area (Å²) in [5.41, 5.74) is 12.0. The van der Waals surface area contributed by atoms with Crippen molar-refractivity contribution in [2.75, 3.05) is 13.3 Å². The lowest BCUT2D eigenvalue weighted by Crippen LogP contribution is -2.39. The molecule has 2 atom stereocenters.